The van der Waals surface area contributed by atoms with Gasteiger partial charge in [-0.3, -0.25) is 9.97 Å². The summed E-state index contributed by atoms with van der Waals surface area (Å²) in [4.78, 5) is 7.87. The largest absolute Gasteiger partial charge is 0.261 e. The predicted octanol–water partition coefficient (Wildman–Crippen LogP) is 0.933. The standard InChI is InChI=1S/C7H7N3/c8-3-1-2-7-6-9-4-5-10-7/h4-6H,1-2H2. The highest BCUT2D eigenvalue weighted by atomic mass is 14.8. The van der Waals surface area contributed by atoms with Gasteiger partial charge in [0.15, 0.2) is 0 Å². The van der Waals surface area contributed by atoms with Crippen molar-refractivity contribution < 1.29 is 0 Å². The van der Waals surface area contributed by atoms with Crippen LogP contribution in [0.5, 0.6) is 0 Å². The number of hydrogen-bond donors (Lipinski definition) is 0. The third-order valence-corrected chi connectivity index (χ3v) is 1.11. The van der Waals surface area contributed by atoms with Crippen molar-refractivity contribution in [3.05, 3.63) is 24.3 Å². The van der Waals surface area contributed by atoms with E-state index in [-0.39, 0.29) is 0 Å². The number of aryl methyl sites for hydroxylation is 1. The van der Waals surface area contributed by atoms with Crippen molar-refractivity contribution in [1.29, 1.82) is 5.26 Å². The van der Waals surface area contributed by atoms with E-state index in [4.69, 9.17) is 5.26 Å². The van der Waals surface area contributed by atoms with Crippen molar-refractivity contribution in [2.45, 2.75) is 12.8 Å². The maximum Gasteiger partial charge on any atom is 0.0625 e. The second kappa shape index (κ2) is 3.57. The zero-order valence-electron chi connectivity index (χ0n) is 5.49. The fraction of sp³-hybridized carbons (Fsp3) is 0.286. The molecule has 1 aromatic heterocycles. The second-order valence-corrected chi connectivity index (χ2v) is 1.85. The molecule has 0 spiro atoms. The Kier molecular flexibility index (Phi) is 2.39. The van der Waals surface area contributed by atoms with Gasteiger partial charge in [-0.2, -0.15) is 5.26 Å². The minimum Gasteiger partial charge on any atom is -0.261 e. The van der Waals surface area contributed by atoms with E-state index in [1.807, 2.05) is 6.07 Å². The van der Waals surface area contributed by atoms with E-state index in [9.17, 15) is 0 Å². The Labute approximate surface area is 59.4 Å². The average molecular weight is 133 g/mol. The molecule has 0 aliphatic carbocycles. The van der Waals surface area contributed by atoms with E-state index in [1.54, 1.807) is 18.6 Å². The lowest BCUT2D eigenvalue weighted by molar-refractivity contribution is 0.932. The Morgan fingerprint density at radius 3 is 3.00 bits per heavy atom. The van der Waals surface area contributed by atoms with Gasteiger partial charge in [-0.1, -0.05) is 0 Å². The minimum atomic E-state index is 0.513. The lowest BCUT2D eigenvalue weighted by atomic mass is 10.3. The van der Waals surface area contributed by atoms with Crippen LogP contribution in [0.4, 0.5) is 0 Å². The molecule has 1 aromatic rings. The van der Waals surface area contributed by atoms with Gasteiger partial charge in [-0.05, 0) is 0 Å². The van der Waals surface area contributed by atoms with E-state index in [0.29, 0.717) is 12.8 Å². The summed E-state index contributed by atoms with van der Waals surface area (Å²) in [5, 5.41) is 8.23. The summed E-state index contributed by atoms with van der Waals surface area (Å²) in [7, 11) is 0. The molecule has 0 unspecified atom stereocenters. The quantitative estimate of drug-likeness (QED) is 0.603. The minimum absolute atomic E-state index is 0.513. The zero-order valence-corrected chi connectivity index (χ0v) is 5.49. The van der Waals surface area contributed by atoms with Crippen LogP contribution in [0.3, 0.4) is 0 Å². The number of nitriles is 1. The van der Waals surface area contributed by atoms with Gasteiger partial charge in [0.25, 0.3) is 0 Å². The van der Waals surface area contributed by atoms with Gasteiger partial charge >= 0.3 is 0 Å². The maximum absolute atomic E-state index is 8.23. The van der Waals surface area contributed by atoms with E-state index in [2.05, 4.69) is 9.97 Å². The maximum atomic E-state index is 8.23. The second-order valence-electron chi connectivity index (χ2n) is 1.85. The zero-order chi connectivity index (χ0) is 7.23. The summed E-state index contributed by atoms with van der Waals surface area (Å²) in [6.07, 6.45) is 6.14. The van der Waals surface area contributed by atoms with Gasteiger partial charge in [0, 0.05) is 31.4 Å². The highest BCUT2D eigenvalue weighted by Crippen LogP contribution is 1.93. The smallest absolute Gasteiger partial charge is 0.0625 e. The third-order valence-electron chi connectivity index (χ3n) is 1.11. The lowest BCUT2D eigenvalue weighted by Gasteiger charge is -1.90. The first-order valence-electron chi connectivity index (χ1n) is 3.05. The van der Waals surface area contributed by atoms with Crippen molar-refractivity contribution in [1.82, 2.24) is 9.97 Å². The number of nitrogens with zero attached hydrogens (tertiary/aromatic N) is 3. The normalized spacial score (nSPS) is 8.70. The van der Waals surface area contributed by atoms with Crippen molar-refractivity contribution in [3.8, 4) is 6.07 Å². The molecule has 3 heteroatoms. The molecule has 0 bridgehead atoms. The predicted molar refractivity (Wildman–Crippen MR) is 36.0 cm³/mol. The van der Waals surface area contributed by atoms with Crippen LogP contribution < -0.4 is 0 Å². The molecule has 0 aromatic carbocycles. The van der Waals surface area contributed by atoms with Crippen molar-refractivity contribution in [2.75, 3.05) is 0 Å². The average Bonchev–Trinajstić information content (AvgIpc) is 2.03. The topological polar surface area (TPSA) is 49.6 Å². The Balaban J connectivity index is 2.52. The summed E-state index contributed by atoms with van der Waals surface area (Å²) in [6, 6.07) is 2.05. The first-order valence-corrected chi connectivity index (χ1v) is 3.05. The molecule has 0 aliphatic rings. The van der Waals surface area contributed by atoms with Crippen LogP contribution in [0, 0.1) is 11.3 Å². The summed E-state index contributed by atoms with van der Waals surface area (Å²) in [6.45, 7) is 0. The van der Waals surface area contributed by atoms with E-state index < -0.39 is 0 Å². The number of rotatable bonds is 2. The monoisotopic (exact) mass is 133 g/mol. The molecule has 0 radical (unpaired) electrons. The molecule has 3 nitrogen and oxygen atoms in total. The molecule has 0 N–H and O–H groups in total. The molecule has 0 amide bonds. The Bertz CT molecular complexity index is 224. The Morgan fingerprint density at radius 1 is 1.50 bits per heavy atom. The Morgan fingerprint density at radius 2 is 2.40 bits per heavy atom. The van der Waals surface area contributed by atoms with Crippen LogP contribution in [0.2, 0.25) is 0 Å². The molecule has 0 saturated heterocycles. The highest BCUT2D eigenvalue weighted by Gasteiger charge is 1.90. The van der Waals surface area contributed by atoms with Crippen LogP contribution >= 0.6 is 0 Å². The molecule has 0 aliphatic heterocycles. The number of hydrogen-bond acceptors (Lipinski definition) is 3. The van der Waals surface area contributed by atoms with Crippen LogP contribution in [-0.2, 0) is 6.42 Å². The Hall–Kier alpha value is -1.43. The van der Waals surface area contributed by atoms with Crippen molar-refractivity contribution >= 4 is 0 Å². The molecule has 0 fully saturated rings. The van der Waals surface area contributed by atoms with E-state index in [1.165, 1.54) is 0 Å². The highest BCUT2D eigenvalue weighted by molar-refractivity contribution is 4.96. The summed E-state index contributed by atoms with van der Waals surface area (Å²) < 4.78 is 0. The van der Waals surface area contributed by atoms with Gasteiger partial charge in [0.1, 0.15) is 0 Å². The first kappa shape index (κ1) is 6.69. The van der Waals surface area contributed by atoms with Crippen molar-refractivity contribution in [2.24, 2.45) is 0 Å². The molecular formula is C7H7N3. The van der Waals surface area contributed by atoms with Gasteiger partial charge in [-0.15, -0.1) is 0 Å². The SMILES string of the molecule is N#CCCc1cnccn1. The van der Waals surface area contributed by atoms with Crippen LogP contribution in [-0.4, -0.2) is 9.97 Å². The fourth-order valence-electron chi connectivity index (χ4n) is 0.643. The lowest BCUT2D eigenvalue weighted by Crippen LogP contribution is -1.88. The van der Waals surface area contributed by atoms with E-state index >= 15 is 0 Å². The first-order chi connectivity index (χ1) is 4.93. The fourth-order valence-corrected chi connectivity index (χ4v) is 0.643. The van der Waals surface area contributed by atoms with Crippen LogP contribution in [0.25, 0.3) is 0 Å². The molecular weight excluding hydrogens is 126 g/mol. The van der Waals surface area contributed by atoms with Gasteiger partial charge in [0.05, 0.1) is 11.8 Å². The van der Waals surface area contributed by atoms with Gasteiger partial charge < -0.3 is 0 Å². The summed E-state index contributed by atoms with van der Waals surface area (Å²) >= 11 is 0. The number of aromatic nitrogens is 2. The van der Waals surface area contributed by atoms with Gasteiger partial charge in [-0.25, -0.2) is 0 Å². The van der Waals surface area contributed by atoms with Crippen LogP contribution in [0.1, 0.15) is 12.1 Å². The van der Waals surface area contributed by atoms with Gasteiger partial charge in [0.2, 0.25) is 0 Å². The molecule has 1 heterocycles. The third kappa shape index (κ3) is 1.82. The molecule has 50 valence electrons. The molecule has 0 saturated carbocycles. The molecule has 1 rings (SSSR count). The molecule has 10 heavy (non-hydrogen) atoms. The van der Waals surface area contributed by atoms with Crippen molar-refractivity contribution in [3.63, 3.8) is 0 Å². The van der Waals surface area contributed by atoms with Crippen LogP contribution in [0.15, 0.2) is 18.6 Å². The summed E-state index contributed by atoms with van der Waals surface area (Å²) in [5.41, 5.74) is 0.879. The van der Waals surface area contributed by atoms with E-state index in [0.717, 1.165) is 5.69 Å². The molecule has 0 atom stereocenters. The summed E-state index contributed by atoms with van der Waals surface area (Å²) in [5.74, 6) is 0.